The van der Waals surface area contributed by atoms with E-state index in [-0.39, 0.29) is 24.7 Å². The summed E-state index contributed by atoms with van der Waals surface area (Å²) in [4.78, 5) is 38.8. The van der Waals surface area contributed by atoms with E-state index >= 15 is 0 Å². The second-order valence-electron chi connectivity index (χ2n) is 6.20. The molecule has 0 unspecified atom stereocenters. The van der Waals surface area contributed by atoms with Gasteiger partial charge >= 0.3 is 18.7 Å². The number of halogens is 2. The number of likely N-dealkylation sites (N-methyl/N-ethyl adjacent to an activating group) is 1. The maximum atomic E-state index is 12.4. The molecule has 8 nitrogen and oxygen atoms in total. The van der Waals surface area contributed by atoms with Crippen molar-refractivity contribution in [2.45, 2.75) is 25.0 Å². The molecule has 0 aromatic heterocycles. The number of nitrogens with zero attached hydrogens (tertiary/aromatic N) is 2. The largest absolute Gasteiger partial charge is 0.435 e. The SMILES string of the molecule is CN1C(=O)NC2(CCN(C(=O)Nc3cccc(OC(F)F)c3)CC2)C1=O. The zero-order valence-corrected chi connectivity index (χ0v) is 14.0. The quantitative estimate of drug-likeness (QED) is 0.797. The van der Waals surface area contributed by atoms with Gasteiger partial charge in [-0.1, -0.05) is 6.07 Å². The number of carbonyl (C=O) groups excluding carboxylic acids is 3. The second-order valence-corrected chi connectivity index (χ2v) is 6.20. The first-order valence-corrected chi connectivity index (χ1v) is 8.02. The summed E-state index contributed by atoms with van der Waals surface area (Å²) in [5.41, 5.74) is -0.633. The molecule has 1 aromatic rings. The number of anilines is 1. The van der Waals surface area contributed by atoms with Crippen molar-refractivity contribution in [2.24, 2.45) is 0 Å². The third-order valence-corrected chi connectivity index (χ3v) is 4.58. The van der Waals surface area contributed by atoms with Gasteiger partial charge in [0.2, 0.25) is 0 Å². The van der Waals surface area contributed by atoms with E-state index in [2.05, 4.69) is 15.4 Å². The van der Waals surface area contributed by atoms with Crippen LogP contribution in [0.4, 0.5) is 24.1 Å². The first-order valence-electron chi connectivity index (χ1n) is 8.02. The van der Waals surface area contributed by atoms with Crippen LogP contribution in [-0.4, -0.2) is 60.1 Å². The van der Waals surface area contributed by atoms with Crippen LogP contribution in [0, 0.1) is 0 Å². The second kappa shape index (κ2) is 6.77. The fourth-order valence-corrected chi connectivity index (χ4v) is 3.14. The lowest BCUT2D eigenvalue weighted by molar-refractivity contribution is -0.131. The molecule has 5 amide bonds. The van der Waals surface area contributed by atoms with Gasteiger partial charge in [-0.15, -0.1) is 0 Å². The molecule has 2 aliphatic heterocycles. The van der Waals surface area contributed by atoms with Crippen molar-refractivity contribution in [1.29, 1.82) is 0 Å². The molecule has 2 heterocycles. The van der Waals surface area contributed by atoms with Crippen molar-refractivity contribution in [3.8, 4) is 5.75 Å². The number of hydrogen-bond acceptors (Lipinski definition) is 4. The number of amides is 5. The summed E-state index contributed by atoms with van der Waals surface area (Å²) in [7, 11) is 1.42. The zero-order chi connectivity index (χ0) is 18.9. The molecule has 2 N–H and O–H groups in total. The Kier molecular flexibility index (Phi) is 4.66. The normalized spacial score (nSPS) is 19.1. The van der Waals surface area contributed by atoms with Gasteiger partial charge in [-0.25, -0.2) is 9.59 Å². The van der Waals surface area contributed by atoms with Gasteiger partial charge in [-0.2, -0.15) is 8.78 Å². The number of likely N-dealkylation sites (tertiary alicyclic amines) is 1. The lowest BCUT2D eigenvalue weighted by Crippen LogP contribution is -2.56. The first-order chi connectivity index (χ1) is 12.3. The van der Waals surface area contributed by atoms with Crippen molar-refractivity contribution in [1.82, 2.24) is 15.1 Å². The van der Waals surface area contributed by atoms with Crippen LogP contribution in [0.5, 0.6) is 5.75 Å². The summed E-state index contributed by atoms with van der Waals surface area (Å²) in [6.45, 7) is -2.39. The van der Waals surface area contributed by atoms with Crippen LogP contribution in [0.1, 0.15) is 12.8 Å². The Labute approximate surface area is 148 Å². The predicted octanol–water partition coefficient (Wildman–Crippen LogP) is 1.84. The maximum Gasteiger partial charge on any atom is 0.387 e. The molecular weight excluding hydrogens is 350 g/mol. The van der Waals surface area contributed by atoms with Gasteiger partial charge in [-0.3, -0.25) is 9.69 Å². The number of ether oxygens (including phenoxy) is 1. The fourth-order valence-electron chi connectivity index (χ4n) is 3.14. The van der Waals surface area contributed by atoms with Gasteiger partial charge in [0.15, 0.2) is 0 Å². The Morgan fingerprint density at radius 2 is 2.00 bits per heavy atom. The van der Waals surface area contributed by atoms with E-state index in [9.17, 15) is 23.2 Å². The average molecular weight is 368 g/mol. The lowest BCUT2D eigenvalue weighted by Gasteiger charge is -2.37. The number of rotatable bonds is 3. The molecule has 1 aromatic carbocycles. The smallest absolute Gasteiger partial charge is 0.387 e. The molecule has 1 spiro atoms. The number of nitrogens with one attached hydrogen (secondary N) is 2. The minimum atomic E-state index is -2.95. The number of alkyl halides is 2. The van der Waals surface area contributed by atoms with Gasteiger partial charge in [0, 0.05) is 31.9 Å². The third kappa shape index (κ3) is 3.39. The number of hydrogen-bond donors (Lipinski definition) is 2. The summed E-state index contributed by atoms with van der Waals surface area (Å²) >= 11 is 0. The summed E-state index contributed by atoms with van der Waals surface area (Å²) < 4.78 is 28.8. The molecule has 0 atom stereocenters. The summed E-state index contributed by atoms with van der Waals surface area (Å²) in [5.74, 6) is -0.350. The molecule has 2 saturated heterocycles. The fraction of sp³-hybridized carbons (Fsp3) is 0.438. The topological polar surface area (TPSA) is 91.0 Å². The summed E-state index contributed by atoms with van der Waals surface area (Å²) in [6, 6.07) is 4.84. The molecule has 10 heteroatoms. The van der Waals surface area contributed by atoms with Crippen LogP contribution in [0.3, 0.4) is 0 Å². The molecule has 0 radical (unpaired) electrons. The van der Waals surface area contributed by atoms with Crippen molar-refractivity contribution >= 4 is 23.7 Å². The van der Waals surface area contributed by atoms with E-state index in [1.54, 1.807) is 6.07 Å². The Morgan fingerprint density at radius 1 is 1.31 bits per heavy atom. The molecule has 2 aliphatic rings. The lowest BCUT2D eigenvalue weighted by atomic mass is 9.87. The number of carbonyl (C=O) groups is 3. The van der Waals surface area contributed by atoms with Gasteiger partial charge in [0.05, 0.1) is 0 Å². The first kappa shape index (κ1) is 17.9. The Balaban J connectivity index is 1.59. The van der Waals surface area contributed by atoms with Crippen LogP contribution < -0.4 is 15.4 Å². The number of benzene rings is 1. The van der Waals surface area contributed by atoms with Gasteiger partial charge < -0.3 is 20.3 Å². The van der Waals surface area contributed by atoms with E-state index in [0.29, 0.717) is 18.5 Å². The van der Waals surface area contributed by atoms with Crippen LogP contribution in [0.2, 0.25) is 0 Å². The monoisotopic (exact) mass is 368 g/mol. The van der Waals surface area contributed by atoms with Crippen molar-refractivity contribution < 1.29 is 27.9 Å². The number of urea groups is 2. The van der Waals surface area contributed by atoms with Gasteiger partial charge in [-0.05, 0) is 25.0 Å². The summed E-state index contributed by atoms with van der Waals surface area (Å²) in [6.07, 6.45) is 0.619. The highest BCUT2D eigenvalue weighted by Crippen LogP contribution is 2.29. The van der Waals surface area contributed by atoms with E-state index in [1.165, 1.54) is 30.1 Å². The number of imide groups is 1. The number of piperidine rings is 1. The molecule has 0 bridgehead atoms. The third-order valence-electron chi connectivity index (χ3n) is 4.58. The van der Waals surface area contributed by atoms with E-state index in [0.717, 1.165) is 4.90 Å². The highest BCUT2D eigenvalue weighted by atomic mass is 19.3. The van der Waals surface area contributed by atoms with E-state index in [1.807, 2.05) is 0 Å². The summed E-state index contributed by atoms with van der Waals surface area (Å²) in [5, 5.41) is 5.31. The maximum absolute atomic E-state index is 12.4. The Hall–Kier alpha value is -2.91. The molecule has 3 rings (SSSR count). The molecular formula is C16H18F2N4O4. The van der Waals surface area contributed by atoms with Crippen LogP contribution in [-0.2, 0) is 4.79 Å². The predicted molar refractivity (Wildman–Crippen MR) is 86.9 cm³/mol. The van der Waals surface area contributed by atoms with Crippen molar-refractivity contribution in [3.63, 3.8) is 0 Å². The molecule has 140 valence electrons. The zero-order valence-electron chi connectivity index (χ0n) is 14.0. The van der Waals surface area contributed by atoms with Gasteiger partial charge in [0.1, 0.15) is 11.3 Å². The van der Waals surface area contributed by atoms with Crippen molar-refractivity contribution in [2.75, 3.05) is 25.5 Å². The highest BCUT2D eigenvalue weighted by molar-refractivity contribution is 6.07. The van der Waals surface area contributed by atoms with Gasteiger partial charge in [0.25, 0.3) is 5.91 Å². The Bertz CT molecular complexity index is 735. The molecule has 0 aliphatic carbocycles. The van der Waals surface area contributed by atoms with Crippen LogP contribution in [0.15, 0.2) is 24.3 Å². The van der Waals surface area contributed by atoms with E-state index in [4.69, 9.17) is 0 Å². The van der Waals surface area contributed by atoms with Crippen LogP contribution >= 0.6 is 0 Å². The molecule has 0 saturated carbocycles. The average Bonchev–Trinajstić information content (AvgIpc) is 2.79. The standard InChI is InChI=1S/C16H18F2N4O4/c1-21-12(23)16(20-15(21)25)5-7-22(8-6-16)14(24)19-10-3-2-4-11(9-10)26-13(17)18/h2-4,9,13H,5-8H2,1H3,(H,19,24)(H,20,25). The molecule has 2 fully saturated rings. The van der Waals surface area contributed by atoms with E-state index < -0.39 is 24.2 Å². The Morgan fingerprint density at radius 3 is 2.58 bits per heavy atom. The minimum Gasteiger partial charge on any atom is -0.435 e. The molecule has 26 heavy (non-hydrogen) atoms. The highest BCUT2D eigenvalue weighted by Gasteiger charge is 2.51. The van der Waals surface area contributed by atoms with Crippen LogP contribution in [0.25, 0.3) is 0 Å². The minimum absolute atomic E-state index is 0.0577. The van der Waals surface area contributed by atoms with Crippen molar-refractivity contribution in [3.05, 3.63) is 24.3 Å².